The molecule has 4 heteroatoms. The van der Waals surface area contributed by atoms with E-state index in [9.17, 15) is 4.79 Å². The van der Waals surface area contributed by atoms with E-state index in [2.05, 4.69) is 5.32 Å². The fourth-order valence-electron chi connectivity index (χ4n) is 1.64. The lowest BCUT2D eigenvalue weighted by Crippen LogP contribution is -2.32. The average molecular weight is 272 g/mol. The van der Waals surface area contributed by atoms with Gasteiger partial charge in [0.05, 0.1) is 7.11 Å². The Balaban J connectivity index is 3.00. The molecule has 0 bridgehead atoms. The minimum absolute atomic E-state index is 0.0521. The number of benzene rings is 1. The SMILES string of the molecule is CC[C@@H](C)NC(=O)/C(C#N)=C/c1ccc(OC)cc1C. The summed E-state index contributed by atoms with van der Waals surface area (Å²) in [5.74, 6) is 0.416. The number of methoxy groups -OCH3 is 1. The number of hydrogen-bond donors (Lipinski definition) is 1. The molecule has 1 aromatic carbocycles. The maximum atomic E-state index is 12.0. The number of nitrogens with one attached hydrogen (secondary N) is 1. The molecule has 1 aromatic rings. The van der Waals surface area contributed by atoms with Crippen LogP contribution in [0.5, 0.6) is 5.75 Å². The van der Waals surface area contributed by atoms with Gasteiger partial charge in [0.1, 0.15) is 17.4 Å². The van der Waals surface area contributed by atoms with Crippen LogP contribution in [0.25, 0.3) is 6.08 Å². The summed E-state index contributed by atoms with van der Waals surface area (Å²) < 4.78 is 5.13. The van der Waals surface area contributed by atoms with Crippen molar-refractivity contribution in [2.45, 2.75) is 33.2 Å². The van der Waals surface area contributed by atoms with Crippen molar-refractivity contribution in [1.29, 1.82) is 5.26 Å². The molecule has 0 aliphatic carbocycles. The van der Waals surface area contributed by atoms with Crippen LogP contribution in [0.3, 0.4) is 0 Å². The van der Waals surface area contributed by atoms with Crippen LogP contribution in [0.4, 0.5) is 0 Å². The number of carbonyl (C=O) groups excluding carboxylic acids is 1. The highest BCUT2D eigenvalue weighted by Crippen LogP contribution is 2.19. The summed E-state index contributed by atoms with van der Waals surface area (Å²) in [4.78, 5) is 12.0. The van der Waals surface area contributed by atoms with Crippen molar-refractivity contribution in [3.05, 3.63) is 34.9 Å². The number of ether oxygens (including phenoxy) is 1. The molecule has 1 atom stereocenters. The van der Waals surface area contributed by atoms with Crippen LogP contribution in [0.15, 0.2) is 23.8 Å². The molecule has 0 fully saturated rings. The largest absolute Gasteiger partial charge is 0.497 e. The predicted molar refractivity (Wildman–Crippen MR) is 79.2 cm³/mol. The second-order valence-corrected chi connectivity index (χ2v) is 4.68. The van der Waals surface area contributed by atoms with Gasteiger partial charge in [0.2, 0.25) is 0 Å². The zero-order valence-electron chi connectivity index (χ0n) is 12.4. The maximum absolute atomic E-state index is 12.0. The van der Waals surface area contributed by atoms with Gasteiger partial charge < -0.3 is 10.1 Å². The topological polar surface area (TPSA) is 62.1 Å². The van der Waals surface area contributed by atoms with Crippen molar-refractivity contribution in [2.24, 2.45) is 0 Å². The summed E-state index contributed by atoms with van der Waals surface area (Å²) in [6.07, 6.45) is 2.43. The Labute approximate surface area is 120 Å². The Morgan fingerprint density at radius 2 is 2.25 bits per heavy atom. The second kappa shape index (κ2) is 7.34. The van der Waals surface area contributed by atoms with Crippen molar-refractivity contribution in [3.8, 4) is 11.8 Å². The Bertz CT molecular complexity index is 556. The van der Waals surface area contributed by atoms with E-state index in [0.29, 0.717) is 0 Å². The van der Waals surface area contributed by atoms with E-state index in [0.717, 1.165) is 23.3 Å². The summed E-state index contributed by atoms with van der Waals surface area (Å²) in [5.41, 5.74) is 1.90. The number of amides is 1. The Kier molecular flexibility index (Phi) is 5.79. The van der Waals surface area contributed by atoms with Crippen molar-refractivity contribution < 1.29 is 9.53 Å². The highest BCUT2D eigenvalue weighted by Gasteiger charge is 2.12. The molecule has 0 heterocycles. The molecule has 1 N–H and O–H groups in total. The summed E-state index contributed by atoms with van der Waals surface area (Å²) in [5, 5.41) is 11.9. The van der Waals surface area contributed by atoms with Crippen LogP contribution < -0.4 is 10.1 Å². The van der Waals surface area contributed by atoms with E-state index in [4.69, 9.17) is 10.00 Å². The van der Waals surface area contributed by atoms with Gasteiger partial charge >= 0.3 is 0 Å². The fourth-order valence-corrected chi connectivity index (χ4v) is 1.64. The first-order valence-electron chi connectivity index (χ1n) is 6.59. The monoisotopic (exact) mass is 272 g/mol. The number of nitriles is 1. The molecule has 106 valence electrons. The van der Waals surface area contributed by atoms with Crippen molar-refractivity contribution in [2.75, 3.05) is 7.11 Å². The van der Waals surface area contributed by atoms with Gasteiger partial charge in [0.15, 0.2) is 0 Å². The Hall–Kier alpha value is -2.28. The molecule has 0 spiro atoms. The van der Waals surface area contributed by atoms with Crippen LogP contribution in [-0.4, -0.2) is 19.1 Å². The maximum Gasteiger partial charge on any atom is 0.262 e. The van der Waals surface area contributed by atoms with Gasteiger partial charge in [-0.3, -0.25) is 4.79 Å². The number of hydrogen-bond acceptors (Lipinski definition) is 3. The lowest BCUT2D eigenvalue weighted by molar-refractivity contribution is -0.117. The summed E-state index contributed by atoms with van der Waals surface area (Å²) in [6.45, 7) is 5.80. The minimum Gasteiger partial charge on any atom is -0.497 e. The minimum atomic E-state index is -0.336. The van der Waals surface area contributed by atoms with E-state index in [1.807, 2.05) is 39.0 Å². The molecule has 0 saturated heterocycles. The Morgan fingerprint density at radius 1 is 1.55 bits per heavy atom. The number of nitrogens with zero attached hydrogens (tertiary/aromatic N) is 1. The molecule has 0 aliphatic rings. The molecule has 1 rings (SSSR count). The molecule has 20 heavy (non-hydrogen) atoms. The first kappa shape index (κ1) is 15.8. The van der Waals surface area contributed by atoms with Crippen LogP contribution in [0, 0.1) is 18.3 Å². The predicted octanol–water partition coefficient (Wildman–Crippen LogP) is 2.83. The number of rotatable bonds is 5. The quantitative estimate of drug-likeness (QED) is 0.662. The third-order valence-corrected chi connectivity index (χ3v) is 3.13. The smallest absolute Gasteiger partial charge is 0.262 e. The summed E-state index contributed by atoms with van der Waals surface area (Å²) >= 11 is 0. The van der Waals surface area contributed by atoms with Crippen LogP contribution in [0.1, 0.15) is 31.4 Å². The van der Waals surface area contributed by atoms with Gasteiger partial charge in [0.25, 0.3) is 5.91 Å². The summed E-state index contributed by atoms with van der Waals surface area (Å²) in [7, 11) is 1.60. The molecular weight excluding hydrogens is 252 g/mol. The van der Waals surface area contributed by atoms with Gasteiger partial charge in [-0.05, 0) is 49.6 Å². The zero-order chi connectivity index (χ0) is 15.1. The number of carbonyl (C=O) groups is 1. The second-order valence-electron chi connectivity index (χ2n) is 4.68. The van der Waals surface area contributed by atoms with Crippen LogP contribution >= 0.6 is 0 Å². The highest BCUT2D eigenvalue weighted by molar-refractivity contribution is 6.01. The molecule has 0 aromatic heterocycles. The van der Waals surface area contributed by atoms with Gasteiger partial charge in [-0.25, -0.2) is 0 Å². The van der Waals surface area contributed by atoms with Crippen LogP contribution in [-0.2, 0) is 4.79 Å². The third-order valence-electron chi connectivity index (χ3n) is 3.13. The van der Waals surface area contributed by atoms with Crippen molar-refractivity contribution >= 4 is 12.0 Å². The van der Waals surface area contributed by atoms with E-state index in [1.54, 1.807) is 19.3 Å². The molecule has 0 unspecified atom stereocenters. The van der Waals surface area contributed by atoms with Gasteiger partial charge in [0, 0.05) is 6.04 Å². The lowest BCUT2D eigenvalue weighted by Gasteiger charge is -2.11. The third kappa shape index (κ3) is 4.13. The van der Waals surface area contributed by atoms with Gasteiger partial charge in [-0.15, -0.1) is 0 Å². The molecule has 0 radical (unpaired) electrons. The molecule has 0 saturated carbocycles. The first-order valence-corrected chi connectivity index (χ1v) is 6.59. The zero-order valence-corrected chi connectivity index (χ0v) is 12.4. The van der Waals surface area contributed by atoms with Crippen molar-refractivity contribution in [1.82, 2.24) is 5.32 Å². The summed E-state index contributed by atoms with van der Waals surface area (Å²) in [6, 6.07) is 7.52. The molecule has 4 nitrogen and oxygen atoms in total. The van der Waals surface area contributed by atoms with E-state index < -0.39 is 0 Å². The number of aryl methyl sites for hydroxylation is 1. The molecule has 0 aliphatic heterocycles. The average Bonchev–Trinajstić information content (AvgIpc) is 2.45. The van der Waals surface area contributed by atoms with Gasteiger partial charge in [-0.1, -0.05) is 13.0 Å². The first-order chi connectivity index (χ1) is 9.51. The molecule has 1 amide bonds. The van der Waals surface area contributed by atoms with Gasteiger partial charge in [-0.2, -0.15) is 5.26 Å². The lowest BCUT2D eigenvalue weighted by atomic mass is 10.0. The highest BCUT2D eigenvalue weighted by atomic mass is 16.5. The molecular formula is C16H20N2O2. The normalized spacial score (nSPS) is 12.4. The van der Waals surface area contributed by atoms with Crippen molar-refractivity contribution in [3.63, 3.8) is 0 Å². The van der Waals surface area contributed by atoms with E-state index in [1.165, 1.54) is 0 Å². The van der Waals surface area contributed by atoms with Crippen LogP contribution in [0.2, 0.25) is 0 Å². The van der Waals surface area contributed by atoms with E-state index >= 15 is 0 Å². The standard InChI is InChI=1S/C16H20N2O2/c1-5-12(3)18-16(19)14(10-17)9-13-6-7-15(20-4)8-11(13)2/h6-9,12H,5H2,1-4H3,(H,18,19)/b14-9+/t12-/m1/s1. The van der Waals surface area contributed by atoms with E-state index in [-0.39, 0.29) is 17.5 Å². The fraction of sp³-hybridized carbons (Fsp3) is 0.375. The Morgan fingerprint density at radius 3 is 2.75 bits per heavy atom.